The average molecular weight is 327 g/mol. The van der Waals surface area contributed by atoms with Crippen molar-refractivity contribution >= 4 is 23.2 Å². The van der Waals surface area contributed by atoms with Gasteiger partial charge in [-0.2, -0.15) is 0 Å². The summed E-state index contributed by atoms with van der Waals surface area (Å²) in [4.78, 5) is 3.92. The highest BCUT2D eigenvalue weighted by Gasteiger charge is 2.13. The van der Waals surface area contributed by atoms with E-state index in [2.05, 4.69) is 17.2 Å². The molecule has 112 valence electrons. The van der Waals surface area contributed by atoms with Crippen LogP contribution in [0, 0.1) is 5.82 Å². The van der Waals surface area contributed by atoms with Crippen molar-refractivity contribution in [2.24, 2.45) is 0 Å². The Morgan fingerprint density at radius 1 is 1.19 bits per heavy atom. The molecule has 5 heteroatoms. The highest BCUT2D eigenvalue weighted by molar-refractivity contribution is 6.42. The van der Waals surface area contributed by atoms with Crippen LogP contribution in [0.5, 0.6) is 0 Å². The Bertz CT molecular complexity index is 605. The Kier molecular flexibility index (Phi) is 5.97. The molecule has 0 fully saturated rings. The molecule has 0 aliphatic carbocycles. The molecule has 0 bridgehead atoms. The van der Waals surface area contributed by atoms with Gasteiger partial charge in [-0.3, -0.25) is 4.98 Å². The fourth-order valence-electron chi connectivity index (χ4n) is 2.15. The summed E-state index contributed by atoms with van der Waals surface area (Å²) in [6.45, 7) is 2.94. The highest BCUT2D eigenvalue weighted by Crippen LogP contribution is 2.25. The van der Waals surface area contributed by atoms with E-state index in [1.807, 2.05) is 12.1 Å². The van der Waals surface area contributed by atoms with E-state index in [9.17, 15) is 4.39 Å². The van der Waals surface area contributed by atoms with Crippen LogP contribution in [0.1, 0.15) is 30.5 Å². The first-order valence-electron chi connectivity index (χ1n) is 6.88. The second kappa shape index (κ2) is 7.74. The number of hydrogen-bond acceptors (Lipinski definition) is 2. The summed E-state index contributed by atoms with van der Waals surface area (Å²) < 4.78 is 13.4. The van der Waals surface area contributed by atoms with Gasteiger partial charge in [0.25, 0.3) is 0 Å². The van der Waals surface area contributed by atoms with Gasteiger partial charge in [-0.25, -0.2) is 4.39 Å². The first kappa shape index (κ1) is 16.2. The molecule has 0 aliphatic heterocycles. The Hall–Kier alpha value is -1.16. The van der Waals surface area contributed by atoms with Crippen LogP contribution in [-0.4, -0.2) is 11.5 Å². The third-order valence-corrected chi connectivity index (χ3v) is 3.93. The monoisotopic (exact) mass is 326 g/mol. The van der Waals surface area contributed by atoms with Gasteiger partial charge in [0.2, 0.25) is 0 Å². The number of nitrogens with zero attached hydrogens (tertiary/aromatic N) is 1. The maximum atomic E-state index is 13.4. The van der Waals surface area contributed by atoms with Crippen molar-refractivity contribution in [3.63, 3.8) is 0 Å². The fourth-order valence-corrected chi connectivity index (χ4v) is 2.47. The molecule has 2 rings (SSSR count). The number of rotatable bonds is 6. The number of nitrogens with one attached hydrogen (secondary N) is 1. The van der Waals surface area contributed by atoms with Crippen molar-refractivity contribution in [3.8, 4) is 0 Å². The maximum Gasteiger partial charge on any atom is 0.141 e. The van der Waals surface area contributed by atoms with Gasteiger partial charge >= 0.3 is 0 Å². The molecule has 21 heavy (non-hydrogen) atoms. The predicted octanol–water partition coefficient (Wildman–Crippen LogP) is 4.81. The molecule has 0 amide bonds. The maximum absolute atomic E-state index is 13.4. The summed E-state index contributed by atoms with van der Waals surface area (Å²) in [7, 11) is 0. The normalized spacial score (nSPS) is 12.4. The lowest BCUT2D eigenvalue weighted by Crippen LogP contribution is -2.24. The summed E-state index contributed by atoms with van der Waals surface area (Å²) in [5, 5.41) is 4.47. The molecule has 0 radical (unpaired) electrons. The van der Waals surface area contributed by atoms with Crippen LogP contribution in [-0.2, 0) is 6.42 Å². The summed E-state index contributed by atoms with van der Waals surface area (Å²) in [5.74, 6) is -0.329. The molecular weight excluding hydrogens is 310 g/mol. The molecular formula is C16H17Cl2FN2. The molecule has 1 aromatic carbocycles. The van der Waals surface area contributed by atoms with Gasteiger partial charge in [0.05, 0.1) is 16.2 Å². The largest absolute Gasteiger partial charge is 0.310 e. The Morgan fingerprint density at radius 2 is 2.00 bits per heavy atom. The van der Waals surface area contributed by atoms with Crippen LogP contribution in [0.2, 0.25) is 10.0 Å². The van der Waals surface area contributed by atoms with E-state index in [1.165, 1.54) is 12.3 Å². The van der Waals surface area contributed by atoms with E-state index in [-0.39, 0.29) is 11.9 Å². The third kappa shape index (κ3) is 4.67. The van der Waals surface area contributed by atoms with Crippen LogP contribution >= 0.6 is 23.2 Å². The summed E-state index contributed by atoms with van der Waals surface area (Å²) in [5.41, 5.74) is 1.87. The second-order valence-electron chi connectivity index (χ2n) is 4.90. The van der Waals surface area contributed by atoms with Crippen molar-refractivity contribution in [3.05, 3.63) is 63.6 Å². The van der Waals surface area contributed by atoms with Gasteiger partial charge in [0.15, 0.2) is 0 Å². The second-order valence-corrected chi connectivity index (χ2v) is 5.71. The van der Waals surface area contributed by atoms with Gasteiger partial charge in [0, 0.05) is 12.2 Å². The van der Waals surface area contributed by atoms with E-state index in [0.29, 0.717) is 16.5 Å². The van der Waals surface area contributed by atoms with E-state index >= 15 is 0 Å². The molecule has 1 aromatic heterocycles. The number of benzene rings is 1. The lowest BCUT2D eigenvalue weighted by molar-refractivity contribution is 0.521. The van der Waals surface area contributed by atoms with Crippen molar-refractivity contribution in [1.29, 1.82) is 0 Å². The molecule has 1 N–H and O–H groups in total. The smallest absolute Gasteiger partial charge is 0.141 e. The van der Waals surface area contributed by atoms with Crippen LogP contribution in [0.25, 0.3) is 0 Å². The molecule has 0 aliphatic rings. The van der Waals surface area contributed by atoms with Gasteiger partial charge in [-0.1, -0.05) is 36.2 Å². The average Bonchev–Trinajstić information content (AvgIpc) is 2.47. The quantitative estimate of drug-likeness (QED) is 0.823. The minimum Gasteiger partial charge on any atom is -0.310 e. The third-order valence-electron chi connectivity index (χ3n) is 3.19. The summed E-state index contributed by atoms with van der Waals surface area (Å²) in [6, 6.07) is 7.06. The summed E-state index contributed by atoms with van der Waals surface area (Å²) >= 11 is 12.0. The van der Waals surface area contributed by atoms with Crippen molar-refractivity contribution < 1.29 is 4.39 Å². The first-order valence-corrected chi connectivity index (χ1v) is 7.63. The lowest BCUT2D eigenvalue weighted by Gasteiger charge is -2.19. The van der Waals surface area contributed by atoms with Crippen molar-refractivity contribution in [1.82, 2.24) is 10.3 Å². The Morgan fingerprint density at radius 3 is 2.67 bits per heavy atom. The molecule has 1 atom stereocenters. The Labute approximate surface area is 134 Å². The zero-order valence-corrected chi connectivity index (χ0v) is 13.3. The van der Waals surface area contributed by atoms with Crippen LogP contribution < -0.4 is 5.32 Å². The molecule has 2 nitrogen and oxygen atoms in total. The molecule has 1 heterocycles. The van der Waals surface area contributed by atoms with Crippen LogP contribution in [0.3, 0.4) is 0 Å². The molecule has 2 aromatic rings. The number of aromatic nitrogens is 1. The van der Waals surface area contributed by atoms with E-state index < -0.39 is 0 Å². The topological polar surface area (TPSA) is 24.9 Å². The van der Waals surface area contributed by atoms with E-state index in [0.717, 1.165) is 24.1 Å². The minimum atomic E-state index is -0.329. The standard InChI is InChI=1S/C16H17Cl2FN2/c1-2-5-21-16(12-8-13(19)10-20-9-12)7-11-3-4-14(17)15(18)6-11/h3-4,6,8-10,16,21H,2,5,7H2,1H3. The van der Waals surface area contributed by atoms with Crippen LogP contribution in [0.15, 0.2) is 36.7 Å². The minimum absolute atomic E-state index is 0.00890. The van der Waals surface area contributed by atoms with Gasteiger partial charge in [-0.05, 0) is 48.7 Å². The highest BCUT2D eigenvalue weighted by atomic mass is 35.5. The first-order chi connectivity index (χ1) is 10.1. The fraction of sp³-hybridized carbons (Fsp3) is 0.312. The predicted molar refractivity (Wildman–Crippen MR) is 85.4 cm³/mol. The van der Waals surface area contributed by atoms with Gasteiger partial charge < -0.3 is 5.32 Å². The van der Waals surface area contributed by atoms with E-state index in [4.69, 9.17) is 23.2 Å². The van der Waals surface area contributed by atoms with Crippen LogP contribution in [0.4, 0.5) is 4.39 Å². The number of halogens is 3. The van der Waals surface area contributed by atoms with Gasteiger partial charge in [0.1, 0.15) is 5.82 Å². The van der Waals surface area contributed by atoms with Gasteiger partial charge in [-0.15, -0.1) is 0 Å². The van der Waals surface area contributed by atoms with E-state index in [1.54, 1.807) is 12.3 Å². The van der Waals surface area contributed by atoms with Crippen molar-refractivity contribution in [2.75, 3.05) is 6.54 Å². The molecule has 0 spiro atoms. The zero-order chi connectivity index (χ0) is 15.2. The lowest BCUT2D eigenvalue weighted by atomic mass is 10.00. The van der Waals surface area contributed by atoms with Crippen molar-refractivity contribution in [2.45, 2.75) is 25.8 Å². The molecule has 0 saturated carbocycles. The number of hydrogen-bond donors (Lipinski definition) is 1. The SMILES string of the molecule is CCCNC(Cc1ccc(Cl)c(Cl)c1)c1cncc(F)c1. The zero-order valence-electron chi connectivity index (χ0n) is 11.7. The molecule has 1 unspecified atom stereocenters. The number of pyridine rings is 1. The molecule has 0 saturated heterocycles. The Balaban J connectivity index is 2.21. The summed E-state index contributed by atoms with van der Waals surface area (Å²) in [6.07, 6.45) is 4.59.